The zero-order valence-corrected chi connectivity index (χ0v) is 18.7. The lowest BCUT2D eigenvalue weighted by atomic mass is 10.1. The van der Waals surface area contributed by atoms with Crippen molar-refractivity contribution >= 4 is 17.3 Å². The number of carbonyl (C=O) groups excluding carboxylic acids is 1. The Morgan fingerprint density at radius 2 is 1.47 bits per heavy atom. The predicted octanol–water partition coefficient (Wildman–Crippen LogP) is 5.97. The standard InChI is InChI=1S/C27H28N4O/c1-19(23-12-8-5-9-13-23)28-24-14-16-25(17-15-24)29-27(32)26-20(2)30-31(21(26)3)18-22-10-6-4-7-11-22/h4-17,19,28H,18H2,1-3H3,(H,29,32). The largest absolute Gasteiger partial charge is 0.379 e. The maximum Gasteiger partial charge on any atom is 0.259 e. The Morgan fingerprint density at radius 1 is 0.875 bits per heavy atom. The fourth-order valence-corrected chi connectivity index (χ4v) is 3.85. The molecular formula is C27H28N4O. The van der Waals surface area contributed by atoms with Crippen LogP contribution >= 0.6 is 0 Å². The van der Waals surface area contributed by atoms with Crippen molar-refractivity contribution in [3.05, 3.63) is 113 Å². The van der Waals surface area contributed by atoms with Gasteiger partial charge in [-0.05, 0) is 56.2 Å². The molecule has 162 valence electrons. The Labute approximate surface area is 189 Å². The van der Waals surface area contributed by atoms with Gasteiger partial charge in [0, 0.05) is 23.1 Å². The second-order valence-corrected chi connectivity index (χ2v) is 8.00. The molecule has 4 rings (SSSR count). The monoisotopic (exact) mass is 424 g/mol. The fourth-order valence-electron chi connectivity index (χ4n) is 3.85. The van der Waals surface area contributed by atoms with E-state index in [1.807, 2.05) is 79.2 Å². The highest BCUT2D eigenvalue weighted by atomic mass is 16.1. The minimum absolute atomic E-state index is 0.141. The van der Waals surface area contributed by atoms with E-state index in [0.29, 0.717) is 12.1 Å². The molecule has 1 aromatic heterocycles. The Bertz CT molecular complexity index is 1180. The molecule has 1 unspecified atom stereocenters. The molecule has 0 radical (unpaired) electrons. The highest BCUT2D eigenvalue weighted by Crippen LogP contribution is 2.22. The number of hydrogen-bond donors (Lipinski definition) is 2. The van der Waals surface area contributed by atoms with Gasteiger partial charge in [0.1, 0.15) is 0 Å². The summed E-state index contributed by atoms with van der Waals surface area (Å²) in [6.45, 7) is 6.58. The average Bonchev–Trinajstić information content (AvgIpc) is 3.09. The molecule has 0 saturated heterocycles. The van der Waals surface area contributed by atoms with Crippen molar-refractivity contribution < 1.29 is 4.79 Å². The number of carbonyl (C=O) groups is 1. The summed E-state index contributed by atoms with van der Waals surface area (Å²) in [5.74, 6) is -0.141. The van der Waals surface area contributed by atoms with E-state index in [4.69, 9.17) is 0 Å². The van der Waals surface area contributed by atoms with E-state index in [-0.39, 0.29) is 11.9 Å². The van der Waals surface area contributed by atoms with E-state index in [1.54, 1.807) is 0 Å². The second-order valence-electron chi connectivity index (χ2n) is 8.00. The number of benzene rings is 3. The Morgan fingerprint density at radius 3 is 2.12 bits per heavy atom. The number of aryl methyl sites for hydroxylation is 1. The quantitative estimate of drug-likeness (QED) is 0.384. The van der Waals surface area contributed by atoms with Crippen LogP contribution in [0.3, 0.4) is 0 Å². The van der Waals surface area contributed by atoms with Gasteiger partial charge in [-0.1, -0.05) is 60.7 Å². The molecule has 0 spiro atoms. The molecule has 5 nitrogen and oxygen atoms in total. The normalized spacial score (nSPS) is 11.7. The van der Waals surface area contributed by atoms with Gasteiger partial charge in [0.05, 0.1) is 17.8 Å². The number of hydrogen-bond acceptors (Lipinski definition) is 3. The van der Waals surface area contributed by atoms with E-state index in [9.17, 15) is 4.79 Å². The van der Waals surface area contributed by atoms with E-state index in [0.717, 1.165) is 28.3 Å². The van der Waals surface area contributed by atoms with Crippen LogP contribution in [0.1, 0.15) is 45.8 Å². The van der Waals surface area contributed by atoms with Gasteiger partial charge < -0.3 is 10.6 Å². The van der Waals surface area contributed by atoms with Crippen LogP contribution in [-0.4, -0.2) is 15.7 Å². The lowest BCUT2D eigenvalue weighted by molar-refractivity contribution is 0.102. The van der Waals surface area contributed by atoms with Crippen LogP contribution in [0.5, 0.6) is 0 Å². The fraction of sp³-hybridized carbons (Fsp3) is 0.185. The Hall–Kier alpha value is -3.86. The maximum absolute atomic E-state index is 13.0. The van der Waals surface area contributed by atoms with Crippen LogP contribution in [0, 0.1) is 13.8 Å². The van der Waals surface area contributed by atoms with Gasteiger partial charge in [0.2, 0.25) is 0 Å². The summed E-state index contributed by atoms with van der Waals surface area (Å²) >= 11 is 0. The maximum atomic E-state index is 13.0. The van der Waals surface area contributed by atoms with Crippen molar-refractivity contribution in [3.8, 4) is 0 Å². The SMILES string of the molecule is Cc1nn(Cc2ccccc2)c(C)c1C(=O)Nc1ccc(NC(C)c2ccccc2)cc1. The number of nitrogens with zero attached hydrogens (tertiary/aromatic N) is 2. The molecule has 2 N–H and O–H groups in total. The molecule has 5 heteroatoms. The van der Waals surface area contributed by atoms with Gasteiger partial charge in [0.15, 0.2) is 0 Å². The van der Waals surface area contributed by atoms with Gasteiger partial charge in [-0.3, -0.25) is 9.48 Å². The highest BCUT2D eigenvalue weighted by molar-refractivity contribution is 6.05. The van der Waals surface area contributed by atoms with E-state index < -0.39 is 0 Å². The van der Waals surface area contributed by atoms with Crippen molar-refractivity contribution in [2.45, 2.75) is 33.4 Å². The smallest absolute Gasteiger partial charge is 0.259 e. The molecule has 1 atom stereocenters. The molecular weight excluding hydrogens is 396 g/mol. The summed E-state index contributed by atoms with van der Waals surface area (Å²) in [5.41, 5.74) is 6.34. The summed E-state index contributed by atoms with van der Waals surface area (Å²) in [6.07, 6.45) is 0. The molecule has 1 heterocycles. The molecule has 1 amide bonds. The second kappa shape index (κ2) is 9.52. The van der Waals surface area contributed by atoms with Crippen LogP contribution in [-0.2, 0) is 6.54 Å². The number of anilines is 2. The lowest BCUT2D eigenvalue weighted by Crippen LogP contribution is -2.14. The van der Waals surface area contributed by atoms with E-state index in [1.165, 1.54) is 5.56 Å². The van der Waals surface area contributed by atoms with Crippen LogP contribution in [0.15, 0.2) is 84.9 Å². The minimum Gasteiger partial charge on any atom is -0.379 e. The Balaban J connectivity index is 1.43. The van der Waals surface area contributed by atoms with Crippen molar-refractivity contribution in [2.75, 3.05) is 10.6 Å². The molecule has 0 fully saturated rings. The third-order valence-electron chi connectivity index (χ3n) is 5.61. The summed E-state index contributed by atoms with van der Waals surface area (Å²) in [5, 5.41) is 11.1. The summed E-state index contributed by atoms with van der Waals surface area (Å²) in [6, 6.07) is 28.4. The number of nitrogens with one attached hydrogen (secondary N) is 2. The molecule has 4 aromatic rings. The van der Waals surface area contributed by atoms with Crippen molar-refractivity contribution in [1.29, 1.82) is 0 Å². The highest BCUT2D eigenvalue weighted by Gasteiger charge is 2.19. The first-order valence-electron chi connectivity index (χ1n) is 10.8. The van der Waals surface area contributed by atoms with Crippen LogP contribution in [0.4, 0.5) is 11.4 Å². The van der Waals surface area contributed by atoms with Crippen molar-refractivity contribution in [2.24, 2.45) is 0 Å². The van der Waals surface area contributed by atoms with Gasteiger partial charge >= 0.3 is 0 Å². The molecule has 0 saturated carbocycles. The molecule has 0 aliphatic rings. The van der Waals surface area contributed by atoms with Gasteiger partial charge in [-0.2, -0.15) is 5.10 Å². The summed E-state index contributed by atoms with van der Waals surface area (Å²) in [4.78, 5) is 13.0. The van der Waals surface area contributed by atoms with Crippen molar-refractivity contribution in [3.63, 3.8) is 0 Å². The first-order chi connectivity index (χ1) is 15.5. The summed E-state index contributed by atoms with van der Waals surface area (Å²) < 4.78 is 1.89. The number of amides is 1. The van der Waals surface area contributed by atoms with Gasteiger partial charge in [-0.25, -0.2) is 0 Å². The summed E-state index contributed by atoms with van der Waals surface area (Å²) in [7, 11) is 0. The molecule has 0 aliphatic carbocycles. The Kier molecular flexibility index (Phi) is 6.36. The van der Waals surface area contributed by atoms with E-state index in [2.05, 4.69) is 46.9 Å². The van der Waals surface area contributed by atoms with Crippen molar-refractivity contribution in [1.82, 2.24) is 9.78 Å². The number of rotatable bonds is 7. The van der Waals surface area contributed by atoms with Crippen LogP contribution in [0.25, 0.3) is 0 Å². The number of aromatic nitrogens is 2. The average molecular weight is 425 g/mol. The molecule has 3 aromatic carbocycles. The predicted molar refractivity (Wildman–Crippen MR) is 130 cm³/mol. The zero-order chi connectivity index (χ0) is 22.5. The van der Waals surface area contributed by atoms with E-state index >= 15 is 0 Å². The first-order valence-corrected chi connectivity index (χ1v) is 10.8. The third kappa shape index (κ3) is 4.89. The topological polar surface area (TPSA) is 59.0 Å². The first kappa shape index (κ1) is 21.4. The minimum atomic E-state index is -0.141. The molecule has 0 bridgehead atoms. The van der Waals surface area contributed by atoms with Crippen LogP contribution < -0.4 is 10.6 Å². The van der Waals surface area contributed by atoms with Crippen LogP contribution in [0.2, 0.25) is 0 Å². The van der Waals surface area contributed by atoms with Gasteiger partial charge in [0.25, 0.3) is 5.91 Å². The molecule has 32 heavy (non-hydrogen) atoms. The molecule has 0 aliphatic heterocycles. The lowest BCUT2D eigenvalue weighted by Gasteiger charge is -2.16. The van der Waals surface area contributed by atoms with Gasteiger partial charge in [-0.15, -0.1) is 0 Å². The zero-order valence-electron chi connectivity index (χ0n) is 18.7. The third-order valence-corrected chi connectivity index (χ3v) is 5.61.